The fraction of sp³-hybridized carbons (Fsp3) is 0.263. The molecule has 0 spiro atoms. The predicted octanol–water partition coefficient (Wildman–Crippen LogP) is 3.21. The van der Waals surface area contributed by atoms with Crippen LogP contribution in [-0.4, -0.2) is 35.2 Å². The fourth-order valence-electron chi connectivity index (χ4n) is 2.51. The van der Waals surface area contributed by atoms with Gasteiger partial charge in [0.15, 0.2) is 11.6 Å². The third-order valence-corrected chi connectivity index (χ3v) is 4.37. The van der Waals surface area contributed by atoms with Gasteiger partial charge in [-0.2, -0.15) is 0 Å². The molecule has 0 aromatic heterocycles. The summed E-state index contributed by atoms with van der Waals surface area (Å²) in [6.45, 7) is 1.74. The molecule has 2 aromatic carbocycles. The van der Waals surface area contributed by atoms with E-state index in [2.05, 4.69) is 5.32 Å². The van der Waals surface area contributed by atoms with Crippen LogP contribution >= 0.6 is 0 Å². The number of nitrogens with zero attached hydrogens (tertiary/aromatic N) is 2. The van der Waals surface area contributed by atoms with Gasteiger partial charge in [0.25, 0.3) is 11.6 Å². The third kappa shape index (κ3) is 5.09. The van der Waals surface area contributed by atoms with Crippen LogP contribution < -0.4 is 5.32 Å². The summed E-state index contributed by atoms with van der Waals surface area (Å²) < 4.78 is 26.4. The molecule has 9 heteroatoms. The van der Waals surface area contributed by atoms with Crippen molar-refractivity contribution in [3.63, 3.8) is 0 Å². The number of rotatable bonds is 7. The van der Waals surface area contributed by atoms with E-state index in [-0.39, 0.29) is 30.1 Å². The zero-order valence-electron chi connectivity index (χ0n) is 15.3. The van der Waals surface area contributed by atoms with Crippen molar-refractivity contribution in [2.24, 2.45) is 0 Å². The monoisotopic (exact) mass is 391 g/mol. The van der Waals surface area contributed by atoms with Crippen LogP contribution in [0.4, 0.5) is 14.5 Å². The van der Waals surface area contributed by atoms with Crippen molar-refractivity contribution in [2.75, 3.05) is 13.6 Å². The van der Waals surface area contributed by atoms with Crippen molar-refractivity contribution in [3.8, 4) is 0 Å². The first-order valence-electron chi connectivity index (χ1n) is 8.44. The van der Waals surface area contributed by atoms with E-state index in [0.717, 1.165) is 12.1 Å². The van der Waals surface area contributed by atoms with Gasteiger partial charge in [-0.1, -0.05) is 6.07 Å². The lowest BCUT2D eigenvalue weighted by Crippen LogP contribution is -2.33. The van der Waals surface area contributed by atoms with Crippen molar-refractivity contribution >= 4 is 17.5 Å². The quantitative estimate of drug-likeness (QED) is 0.579. The Kier molecular flexibility index (Phi) is 6.75. The zero-order chi connectivity index (χ0) is 20.8. The summed E-state index contributed by atoms with van der Waals surface area (Å²) in [7, 11) is 1.53. The number of non-ortho nitro benzene ring substituents is 1. The summed E-state index contributed by atoms with van der Waals surface area (Å²) >= 11 is 0. The Hall–Kier alpha value is -3.36. The molecule has 0 unspecified atom stereocenters. The van der Waals surface area contributed by atoms with E-state index in [0.29, 0.717) is 5.56 Å². The zero-order valence-corrected chi connectivity index (χ0v) is 15.3. The van der Waals surface area contributed by atoms with Crippen molar-refractivity contribution in [1.29, 1.82) is 0 Å². The molecule has 2 aromatic rings. The Morgan fingerprint density at radius 1 is 1.14 bits per heavy atom. The van der Waals surface area contributed by atoms with Crippen LogP contribution in [0.2, 0.25) is 0 Å². The molecule has 1 N–H and O–H groups in total. The third-order valence-electron chi connectivity index (χ3n) is 4.37. The molecule has 0 aliphatic heterocycles. The van der Waals surface area contributed by atoms with Crippen LogP contribution in [0.25, 0.3) is 0 Å². The topological polar surface area (TPSA) is 92.6 Å². The smallest absolute Gasteiger partial charge is 0.269 e. The Morgan fingerprint density at radius 2 is 1.79 bits per heavy atom. The lowest BCUT2D eigenvalue weighted by atomic mass is 10.1. The first-order valence-corrected chi connectivity index (χ1v) is 8.44. The number of carbonyl (C=O) groups excluding carboxylic acids is 2. The van der Waals surface area contributed by atoms with Gasteiger partial charge >= 0.3 is 0 Å². The first kappa shape index (κ1) is 20.9. The van der Waals surface area contributed by atoms with Crippen molar-refractivity contribution in [3.05, 3.63) is 75.3 Å². The number of hydrogen-bond acceptors (Lipinski definition) is 4. The van der Waals surface area contributed by atoms with Crippen molar-refractivity contribution < 1.29 is 23.3 Å². The van der Waals surface area contributed by atoms with Crippen LogP contribution in [-0.2, 0) is 4.79 Å². The Labute approximate surface area is 160 Å². The number of nitro groups is 1. The molecule has 0 aliphatic carbocycles. The predicted molar refractivity (Wildman–Crippen MR) is 97.6 cm³/mol. The highest BCUT2D eigenvalue weighted by atomic mass is 19.2. The summed E-state index contributed by atoms with van der Waals surface area (Å²) in [5.41, 5.74) is 0.561. The molecule has 28 heavy (non-hydrogen) atoms. The van der Waals surface area contributed by atoms with Crippen LogP contribution in [0.1, 0.15) is 35.3 Å². The average Bonchev–Trinajstić information content (AvgIpc) is 2.68. The standard InChI is InChI=1S/C19H19F2N3O4/c1-12(14-5-8-16(20)17(21)11-14)23(2)18(25)9-10-22-19(26)13-3-6-15(7-4-13)24(27)28/h3-8,11-12H,9-10H2,1-2H3,(H,22,26)/t12-/m1/s1. The molecule has 148 valence electrons. The van der Waals surface area contributed by atoms with Crippen molar-refractivity contribution in [1.82, 2.24) is 10.2 Å². The lowest BCUT2D eigenvalue weighted by molar-refractivity contribution is -0.384. The van der Waals surface area contributed by atoms with Gasteiger partial charge in [0.05, 0.1) is 11.0 Å². The normalized spacial score (nSPS) is 11.6. The molecule has 2 amide bonds. The van der Waals surface area contributed by atoms with Crippen LogP contribution in [0.5, 0.6) is 0 Å². The maximum absolute atomic E-state index is 13.4. The van der Waals surface area contributed by atoms with Crippen molar-refractivity contribution in [2.45, 2.75) is 19.4 Å². The van der Waals surface area contributed by atoms with Gasteiger partial charge in [-0.3, -0.25) is 19.7 Å². The molecule has 0 saturated heterocycles. The average molecular weight is 391 g/mol. The molecular formula is C19H19F2N3O4. The second-order valence-electron chi connectivity index (χ2n) is 6.16. The molecule has 0 radical (unpaired) electrons. The number of benzene rings is 2. The number of carbonyl (C=O) groups is 2. The summed E-state index contributed by atoms with van der Waals surface area (Å²) in [5, 5.41) is 13.2. The SMILES string of the molecule is C[C@H](c1ccc(F)c(F)c1)N(C)C(=O)CCNC(=O)c1ccc([N+](=O)[O-])cc1. The van der Waals surface area contributed by atoms with Gasteiger partial charge < -0.3 is 10.2 Å². The molecular weight excluding hydrogens is 372 g/mol. The van der Waals surface area contributed by atoms with Gasteiger partial charge in [0.2, 0.25) is 5.91 Å². The second-order valence-corrected chi connectivity index (χ2v) is 6.16. The minimum absolute atomic E-state index is 0.00321. The van der Waals surface area contributed by atoms with E-state index in [1.54, 1.807) is 6.92 Å². The largest absolute Gasteiger partial charge is 0.352 e. The second kappa shape index (κ2) is 9.03. The number of nitrogens with one attached hydrogen (secondary N) is 1. The number of halogens is 2. The Balaban J connectivity index is 1.87. The molecule has 0 aliphatic rings. The molecule has 0 saturated carbocycles. The fourth-order valence-corrected chi connectivity index (χ4v) is 2.51. The number of nitro benzene ring substituents is 1. The maximum atomic E-state index is 13.4. The van der Waals surface area contributed by atoms with Gasteiger partial charge in [0, 0.05) is 37.7 Å². The summed E-state index contributed by atoms with van der Waals surface area (Å²) in [5.74, 6) is -2.69. The Bertz CT molecular complexity index is 887. The van der Waals surface area contributed by atoms with E-state index in [4.69, 9.17) is 0 Å². The molecule has 1 atom stereocenters. The van der Waals surface area contributed by atoms with Gasteiger partial charge in [-0.05, 0) is 36.8 Å². The molecule has 2 rings (SSSR count). The highest BCUT2D eigenvalue weighted by molar-refractivity contribution is 5.94. The first-order chi connectivity index (χ1) is 13.2. The summed E-state index contributed by atoms with van der Waals surface area (Å²) in [4.78, 5) is 35.7. The summed E-state index contributed by atoms with van der Waals surface area (Å²) in [6.07, 6.45) is 0.00321. The van der Waals surface area contributed by atoms with Gasteiger partial charge in [-0.15, -0.1) is 0 Å². The van der Waals surface area contributed by atoms with Crippen LogP contribution in [0.15, 0.2) is 42.5 Å². The number of amides is 2. The minimum atomic E-state index is -0.986. The number of hydrogen-bond donors (Lipinski definition) is 1. The molecule has 0 bridgehead atoms. The van der Waals surface area contributed by atoms with Gasteiger partial charge in [0.1, 0.15) is 0 Å². The van der Waals surface area contributed by atoms with Crippen LogP contribution in [0.3, 0.4) is 0 Å². The summed E-state index contributed by atoms with van der Waals surface area (Å²) in [6, 6.07) is 8.06. The highest BCUT2D eigenvalue weighted by Crippen LogP contribution is 2.21. The van der Waals surface area contributed by atoms with Crippen LogP contribution in [0, 0.1) is 21.7 Å². The van der Waals surface area contributed by atoms with E-state index in [1.165, 1.54) is 42.3 Å². The molecule has 0 fully saturated rings. The highest BCUT2D eigenvalue weighted by Gasteiger charge is 2.19. The Morgan fingerprint density at radius 3 is 2.36 bits per heavy atom. The van der Waals surface area contributed by atoms with E-state index >= 15 is 0 Å². The van der Waals surface area contributed by atoms with E-state index in [9.17, 15) is 28.5 Å². The molecule has 0 heterocycles. The van der Waals surface area contributed by atoms with Gasteiger partial charge in [-0.25, -0.2) is 8.78 Å². The lowest BCUT2D eigenvalue weighted by Gasteiger charge is -2.25. The molecule has 7 nitrogen and oxygen atoms in total. The van der Waals surface area contributed by atoms with E-state index < -0.39 is 28.5 Å². The van der Waals surface area contributed by atoms with E-state index in [1.807, 2.05) is 0 Å². The maximum Gasteiger partial charge on any atom is 0.269 e. The minimum Gasteiger partial charge on any atom is -0.352 e.